The van der Waals surface area contributed by atoms with Crippen molar-refractivity contribution < 1.29 is 24.5 Å². The zero-order valence-corrected chi connectivity index (χ0v) is 9.37. The molecule has 3 N–H and O–H groups in total. The molecular weight excluding hydrogens is 230 g/mol. The zero-order valence-electron chi connectivity index (χ0n) is 9.37. The van der Waals surface area contributed by atoms with Crippen molar-refractivity contribution in [3.63, 3.8) is 0 Å². The molecule has 2 aliphatic rings. The Kier molecular flexibility index (Phi) is 3.18. The van der Waals surface area contributed by atoms with Gasteiger partial charge in [0.25, 0.3) is 0 Å². The van der Waals surface area contributed by atoms with Gasteiger partial charge in [-0.25, -0.2) is 9.59 Å². The molecule has 8 heteroatoms. The van der Waals surface area contributed by atoms with E-state index in [0.29, 0.717) is 0 Å². The third-order valence-corrected chi connectivity index (χ3v) is 2.92. The summed E-state index contributed by atoms with van der Waals surface area (Å²) in [5, 5.41) is 20.7. The number of carbonyl (C=O) groups is 2. The normalized spacial score (nSPS) is 34.2. The van der Waals surface area contributed by atoms with Crippen molar-refractivity contribution in [2.24, 2.45) is 0 Å². The van der Waals surface area contributed by atoms with Gasteiger partial charge in [-0.1, -0.05) is 0 Å². The number of aliphatic hydroxyl groups is 2. The van der Waals surface area contributed by atoms with Crippen LogP contribution in [-0.2, 0) is 4.74 Å². The molecule has 1 unspecified atom stereocenters. The molecule has 3 atom stereocenters. The van der Waals surface area contributed by atoms with Crippen molar-refractivity contribution in [3.8, 4) is 0 Å². The molecule has 96 valence electrons. The van der Waals surface area contributed by atoms with Gasteiger partial charge in [-0.15, -0.1) is 0 Å². The second kappa shape index (κ2) is 4.47. The fourth-order valence-electron chi connectivity index (χ4n) is 1.91. The first-order valence-electron chi connectivity index (χ1n) is 5.30. The van der Waals surface area contributed by atoms with Crippen molar-refractivity contribution in [1.82, 2.24) is 15.1 Å². The maximum atomic E-state index is 11.6. The lowest BCUT2D eigenvalue weighted by Gasteiger charge is -2.36. The fourth-order valence-corrected chi connectivity index (χ4v) is 1.91. The molecule has 0 aromatic rings. The summed E-state index contributed by atoms with van der Waals surface area (Å²) >= 11 is 0. The summed E-state index contributed by atoms with van der Waals surface area (Å²) in [4.78, 5) is 25.4. The Morgan fingerprint density at radius 3 is 2.76 bits per heavy atom. The highest BCUT2D eigenvalue weighted by Gasteiger charge is 2.41. The lowest BCUT2D eigenvalue weighted by atomic mass is 10.2. The largest absolute Gasteiger partial charge is 0.394 e. The summed E-state index contributed by atoms with van der Waals surface area (Å²) < 4.78 is 5.34. The van der Waals surface area contributed by atoms with Crippen LogP contribution in [0.4, 0.5) is 9.59 Å². The number of ether oxygens (including phenoxy) is 1. The molecule has 2 rings (SSSR count). The molecule has 0 saturated carbocycles. The second-order valence-corrected chi connectivity index (χ2v) is 4.16. The smallest absolute Gasteiger partial charge is 0.328 e. The van der Waals surface area contributed by atoms with Gasteiger partial charge in [0.05, 0.1) is 12.7 Å². The maximum absolute atomic E-state index is 11.6. The van der Waals surface area contributed by atoms with Gasteiger partial charge < -0.3 is 19.8 Å². The number of urea groups is 2. The number of rotatable bonds is 2. The quantitative estimate of drug-likeness (QED) is 0.549. The van der Waals surface area contributed by atoms with E-state index in [9.17, 15) is 14.7 Å². The van der Waals surface area contributed by atoms with Crippen molar-refractivity contribution in [1.29, 1.82) is 0 Å². The lowest BCUT2D eigenvalue weighted by molar-refractivity contribution is -0.0735. The molecule has 17 heavy (non-hydrogen) atoms. The van der Waals surface area contributed by atoms with Gasteiger partial charge in [0, 0.05) is 13.5 Å². The predicted molar refractivity (Wildman–Crippen MR) is 54.8 cm³/mol. The summed E-state index contributed by atoms with van der Waals surface area (Å²) in [7, 11) is 1.55. The monoisotopic (exact) mass is 245 g/mol. The van der Waals surface area contributed by atoms with Crippen LogP contribution in [0.25, 0.3) is 0 Å². The van der Waals surface area contributed by atoms with Crippen molar-refractivity contribution in [2.75, 3.05) is 20.3 Å². The third-order valence-electron chi connectivity index (χ3n) is 2.92. The van der Waals surface area contributed by atoms with Crippen LogP contribution in [0.1, 0.15) is 6.42 Å². The Bertz CT molecular complexity index is 337. The Labute approximate surface area is 97.7 Å². The number of hydrogen-bond donors (Lipinski definition) is 3. The van der Waals surface area contributed by atoms with Crippen molar-refractivity contribution >= 4 is 12.1 Å². The summed E-state index contributed by atoms with van der Waals surface area (Å²) in [6.45, 7) is -0.206. The molecule has 0 radical (unpaired) electrons. The Morgan fingerprint density at radius 2 is 2.18 bits per heavy atom. The minimum Gasteiger partial charge on any atom is -0.394 e. The van der Waals surface area contributed by atoms with Crippen molar-refractivity contribution in [2.45, 2.75) is 24.9 Å². The summed E-state index contributed by atoms with van der Waals surface area (Å²) in [5.74, 6) is 0. The highest BCUT2D eigenvalue weighted by atomic mass is 16.5. The molecule has 2 heterocycles. The van der Waals surface area contributed by atoms with Gasteiger partial charge in [-0.05, 0) is 0 Å². The molecule has 8 nitrogen and oxygen atoms in total. The van der Waals surface area contributed by atoms with Crippen LogP contribution in [0.15, 0.2) is 0 Å². The fraction of sp³-hybridized carbons (Fsp3) is 0.778. The first-order chi connectivity index (χ1) is 8.02. The van der Waals surface area contributed by atoms with Crippen molar-refractivity contribution in [3.05, 3.63) is 0 Å². The Balaban J connectivity index is 2.03. The standard InChI is InChI=1S/C9H15N3O5/c1-11-4-12(9(16)10-8(11)15)7-2-5(14)6(3-13)17-7/h5-7,13-14H,2-4H2,1H3,(H,10,15,16)/t5?,6-,7-/m1/s1. The molecular formula is C9H15N3O5. The van der Waals surface area contributed by atoms with E-state index in [-0.39, 0.29) is 19.7 Å². The van der Waals surface area contributed by atoms with E-state index < -0.39 is 30.5 Å². The number of carbonyl (C=O) groups excluding carboxylic acids is 2. The van der Waals surface area contributed by atoms with E-state index in [1.165, 1.54) is 9.80 Å². The highest BCUT2D eigenvalue weighted by Crippen LogP contribution is 2.24. The molecule has 0 aromatic carbocycles. The van der Waals surface area contributed by atoms with E-state index in [4.69, 9.17) is 9.84 Å². The van der Waals surface area contributed by atoms with E-state index in [1.807, 2.05) is 0 Å². The Hall–Kier alpha value is -1.38. The molecule has 2 saturated heterocycles. The predicted octanol–water partition coefficient (Wildman–Crippen LogP) is -1.51. The van der Waals surface area contributed by atoms with Gasteiger partial charge in [0.1, 0.15) is 19.0 Å². The van der Waals surface area contributed by atoms with E-state index >= 15 is 0 Å². The first kappa shape index (κ1) is 12.1. The topological polar surface area (TPSA) is 102 Å². The van der Waals surface area contributed by atoms with Crippen LogP contribution in [0.2, 0.25) is 0 Å². The number of hydrogen-bond acceptors (Lipinski definition) is 5. The molecule has 0 bridgehead atoms. The SMILES string of the molecule is CN1CN([C@H]2CC(O)[C@@H](CO)O2)C(=O)NC1=O. The van der Waals surface area contributed by atoms with Crippen LogP contribution < -0.4 is 5.32 Å². The first-order valence-corrected chi connectivity index (χ1v) is 5.30. The van der Waals surface area contributed by atoms with Crippen LogP contribution in [0.3, 0.4) is 0 Å². The minimum atomic E-state index is -0.805. The number of nitrogens with one attached hydrogen (secondary N) is 1. The molecule has 0 spiro atoms. The zero-order chi connectivity index (χ0) is 12.6. The third kappa shape index (κ3) is 2.19. The van der Waals surface area contributed by atoms with Gasteiger partial charge in [-0.3, -0.25) is 10.2 Å². The van der Waals surface area contributed by atoms with Gasteiger partial charge in [0.15, 0.2) is 0 Å². The van der Waals surface area contributed by atoms with Crippen LogP contribution in [0, 0.1) is 0 Å². The molecule has 0 aromatic heterocycles. The van der Waals surface area contributed by atoms with Gasteiger partial charge >= 0.3 is 12.1 Å². The maximum Gasteiger partial charge on any atom is 0.328 e. The Morgan fingerprint density at radius 1 is 1.47 bits per heavy atom. The molecule has 2 aliphatic heterocycles. The number of nitrogens with zero attached hydrogens (tertiary/aromatic N) is 2. The average Bonchev–Trinajstić information content (AvgIpc) is 2.65. The van der Waals surface area contributed by atoms with Crippen LogP contribution in [0.5, 0.6) is 0 Å². The van der Waals surface area contributed by atoms with Crippen LogP contribution >= 0.6 is 0 Å². The lowest BCUT2D eigenvalue weighted by Crippen LogP contribution is -2.60. The van der Waals surface area contributed by atoms with E-state index in [0.717, 1.165) is 0 Å². The molecule has 4 amide bonds. The van der Waals surface area contributed by atoms with Gasteiger partial charge in [0.2, 0.25) is 0 Å². The number of amides is 4. The summed E-state index contributed by atoms with van der Waals surface area (Å²) in [6.07, 6.45) is -1.89. The second-order valence-electron chi connectivity index (χ2n) is 4.16. The highest BCUT2D eigenvalue weighted by molar-refractivity contribution is 5.95. The van der Waals surface area contributed by atoms with Gasteiger partial charge in [-0.2, -0.15) is 0 Å². The average molecular weight is 245 g/mol. The van der Waals surface area contributed by atoms with Crippen LogP contribution in [-0.4, -0.2) is 70.8 Å². The minimum absolute atomic E-state index is 0.0974. The number of imide groups is 1. The summed E-state index contributed by atoms with van der Waals surface area (Å²) in [6, 6.07) is -1.02. The molecule has 2 fully saturated rings. The van der Waals surface area contributed by atoms with E-state index in [1.54, 1.807) is 7.05 Å². The molecule has 0 aliphatic carbocycles. The number of aliphatic hydroxyl groups excluding tert-OH is 2. The summed E-state index contributed by atoms with van der Waals surface area (Å²) in [5.41, 5.74) is 0. The van der Waals surface area contributed by atoms with E-state index in [2.05, 4.69) is 5.32 Å².